The second kappa shape index (κ2) is 8.91. The van der Waals surface area contributed by atoms with Crippen molar-refractivity contribution in [3.8, 4) is 0 Å². The summed E-state index contributed by atoms with van der Waals surface area (Å²) in [6, 6.07) is 0. The van der Waals surface area contributed by atoms with Gasteiger partial charge in [0.05, 0.1) is 24.4 Å². The first kappa shape index (κ1) is 23.1. The lowest BCUT2D eigenvalue weighted by atomic mass is 9.79. The highest BCUT2D eigenvalue weighted by Crippen LogP contribution is 2.42. The van der Waals surface area contributed by atoms with Gasteiger partial charge in [0.1, 0.15) is 0 Å². The fourth-order valence-electron chi connectivity index (χ4n) is 4.63. The van der Waals surface area contributed by atoms with Gasteiger partial charge in [-0.1, -0.05) is 17.2 Å². The van der Waals surface area contributed by atoms with E-state index in [0.717, 1.165) is 31.3 Å². The molecule has 2 aliphatic heterocycles. The number of carbonyl (C=O) groups is 1. The fraction of sp³-hybridized carbons (Fsp3) is 0.640. The summed E-state index contributed by atoms with van der Waals surface area (Å²) in [5, 5.41) is 19.9. The second-order valence-corrected chi connectivity index (χ2v) is 9.79. The van der Waals surface area contributed by atoms with Gasteiger partial charge in [0.25, 0.3) is 0 Å². The number of carbonyl (C=O) groups excluding carboxylic acids is 1. The topological polar surface area (TPSA) is 76.0 Å². The van der Waals surface area contributed by atoms with Gasteiger partial charge in [0, 0.05) is 12.3 Å². The van der Waals surface area contributed by atoms with Crippen LogP contribution in [0.4, 0.5) is 0 Å². The van der Waals surface area contributed by atoms with Crippen molar-refractivity contribution in [2.24, 2.45) is 5.92 Å². The molecule has 0 radical (unpaired) electrons. The summed E-state index contributed by atoms with van der Waals surface area (Å²) in [5.41, 5.74) is 3.27. The number of aliphatic hydroxyl groups excluding tert-OH is 1. The Kier molecular flexibility index (Phi) is 6.87. The Morgan fingerprint density at radius 3 is 2.67 bits per heavy atom. The van der Waals surface area contributed by atoms with Crippen molar-refractivity contribution in [1.82, 2.24) is 0 Å². The monoisotopic (exact) mass is 416 g/mol. The SMILES string of the molecule is CC(=C[C@@H]1CC(C)=C[C@]2(C=C(CO)[C@H]3CC(=O)C(C)=C[C@H]3O2)O1)CCCC(C)(C)O. The molecule has 0 amide bonds. The molecule has 2 N–H and O–H groups in total. The number of rotatable bonds is 6. The van der Waals surface area contributed by atoms with Crippen LogP contribution in [0.15, 0.2) is 46.6 Å². The van der Waals surface area contributed by atoms with Crippen LogP contribution < -0.4 is 0 Å². The van der Waals surface area contributed by atoms with Gasteiger partial charge in [-0.15, -0.1) is 0 Å². The molecule has 0 unspecified atom stereocenters. The zero-order valence-electron chi connectivity index (χ0n) is 18.9. The summed E-state index contributed by atoms with van der Waals surface area (Å²) in [4.78, 5) is 12.2. The van der Waals surface area contributed by atoms with Crippen molar-refractivity contribution in [3.05, 3.63) is 46.6 Å². The van der Waals surface area contributed by atoms with E-state index in [9.17, 15) is 15.0 Å². The summed E-state index contributed by atoms with van der Waals surface area (Å²) in [6.07, 6.45) is 11.2. The van der Waals surface area contributed by atoms with E-state index >= 15 is 0 Å². The van der Waals surface area contributed by atoms with Crippen LogP contribution in [0.25, 0.3) is 0 Å². The molecule has 0 saturated carbocycles. The highest BCUT2D eigenvalue weighted by molar-refractivity contribution is 5.96. The number of hydrogen-bond donors (Lipinski definition) is 2. The van der Waals surface area contributed by atoms with Gasteiger partial charge in [-0.25, -0.2) is 0 Å². The average Bonchev–Trinajstić information content (AvgIpc) is 2.60. The molecule has 3 aliphatic rings. The van der Waals surface area contributed by atoms with E-state index in [-0.39, 0.29) is 30.5 Å². The van der Waals surface area contributed by atoms with Crippen molar-refractivity contribution in [2.75, 3.05) is 6.61 Å². The number of ketones is 1. The molecule has 0 fully saturated rings. The van der Waals surface area contributed by atoms with Crippen LogP contribution in [0.1, 0.15) is 66.7 Å². The molecule has 0 aromatic carbocycles. The quantitative estimate of drug-likeness (QED) is 0.636. The van der Waals surface area contributed by atoms with Crippen molar-refractivity contribution in [2.45, 2.75) is 90.3 Å². The molecule has 0 aromatic heterocycles. The maximum atomic E-state index is 12.2. The largest absolute Gasteiger partial charge is 0.392 e. The van der Waals surface area contributed by atoms with Crippen LogP contribution in [-0.4, -0.2) is 46.2 Å². The zero-order chi connectivity index (χ0) is 22.1. The van der Waals surface area contributed by atoms with E-state index in [0.29, 0.717) is 12.0 Å². The van der Waals surface area contributed by atoms with Crippen LogP contribution >= 0.6 is 0 Å². The maximum absolute atomic E-state index is 12.2. The number of Topliss-reactive ketones (excluding diaryl/α,β-unsaturated/α-hetero) is 1. The van der Waals surface area contributed by atoms with Gasteiger partial charge >= 0.3 is 0 Å². The first-order valence-corrected chi connectivity index (χ1v) is 11.0. The Bertz CT molecular complexity index is 795. The molecule has 1 spiro atoms. The maximum Gasteiger partial charge on any atom is 0.209 e. The van der Waals surface area contributed by atoms with Crippen LogP contribution in [0.2, 0.25) is 0 Å². The van der Waals surface area contributed by atoms with Crippen molar-refractivity contribution < 1.29 is 24.5 Å². The summed E-state index contributed by atoms with van der Waals surface area (Å²) < 4.78 is 12.8. The average molecular weight is 417 g/mol. The highest BCUT2D eigenvalue weighted by atomic mass is 16.7. The molecule has 0 aromatic rings. The standard InChI is InChI=1S/C25H36O5/c1-16(7-6-8-24(4,5)28)9-20-10-17(2)13-25(29-20)14-19(15-26)21-12-22(27)18(3)11-23(21)30-25/h9,11,13-14,20-21,23,26,28H,6-8,10,12,15H2,1-5H3/t20-,21-,23-,25+/m1/s1. The third-order valence-corrected chi connectivity index (χ3v) is 6.16. The first-order chi connectivity index (χ1) is 14.0. The number of fused-ring (bicyclic) bond motifs is 1. The predicted molar refractivity (Wildman–Crippen MR) is 117 cm³/mol. The lowest BCUT2D eigenvalue weighted by Gasteiger charge is -2.45. The first-order valence-electron chi connectivity index (χ1n) is 11.0. The fourth-order valence-corrected chi connectivity index (χ4v) is 4.63. The Balaban J connectivity index is 1.79. The summed E-state index contributed by atoms with van der Waals surface area (Å²) in [5.74, 6) is -1.05. The van der Waals surface area contributed by atoms with E-state index in [2.05, 4.69) is 19.9 Å². The van der Waals surface area contributed by atoms with E-state index in [4.69, 9.17) is 9.47 Å². The minimum absolute atomic E-state index is 0.105. The van der Waals surface area contributed by atoms with E-state index < -0.39 is 11.4 Å². The minimum atomic E-state index is -1.02. The molecular weight excluding hydrogens is 380 g/mol. The molecule has 5 nitrogen and oxygen atoms in total. The van der Waals surface area contributed by atoms with Crippen LogP contribution in [0.5, 0.6) is 0 Å². The Hall–Kier alpha value is -1.53. The van der Waals surface area contributed by atoms with Crippen LogP contribution in [-0.2, 0) is 14.3 Å². The summed E-state index contributed by atoms with van der Waals surface area (Å²) in [6.45, 7) is 9.54. The molecule has 0 bridgehead atoms. The number of hydrogen-bond acceptors (Lipinski definition) is 5. The predicted octanol–water partition coefficient (Wildman–Crippen LogP) is 4.16. The van der Waals surface area contributed by atoms with Gasteiger partial charge in [-0.05, 0) is 89.7 Å². The van der Waals surface area contributed by atoms with Crippen LogP contribution in [0.3, 0.4) is 0 Å². The van der Waals surface area contributed by atoms with Gasteiger partial charge in [0.2, 0.25) is 5.79 Å². The minimum Gasteiger partial charge on any atom is -0.392 e. The third-order valence-electron chi connectivity index (χ3n) is 6.16. The van der Waals surface area contributed by atoms with Gasteiger partial charge < -0.3 is 19.7 Å². The molecule has 4 atom stereocenters. The molecule has 2 heterocycles. The number of allylic oxidation sites excluding steroid dienone is 2. The molecule has 30 heavy (non-hydrogen) atoms. The van der Waals surface area contributed by atoms with E-state index in [1.54, 1.807) is 0 Å². The van der Waals surface area contributed by atoms with E-state index in [1.165, 1.54) is 11.1 Å². The van der Waals surface area contributed by atoms with Crippen LogP contribution in [0, 0.1) is 5.92 Å². The van der Waals surface area contributed by atoms with Gasteiger partial charge in [-0.2, -0.15) is 0 Å². The molecule has 0 saturated heterocycles. The lowest BCUT2D eigenvalue weighted by molar-refractivity contribution is -0.224. The van der Waals surface area contributed by atoms with Gasteiger partial charge in [0.15, 0.2) is 5.78 Å². The Morgan fingerprint density at radius 2 is 2.00 bits per heavy atom. The summed E-state index contributed by atoms with van der Waals surface area (Å²) >= 11 is 0. The molecule has 1 aliphatic carbocycles. The molecule has 3 rings (SSSR count). The lowest BCUT2D eigenvalue weighted by Crippen LogP contribution is -2.49. The number of aliphatic hydroxyl groups is 2. The zero-order valence-corrected chi connectivity index (χ0v) is 18.9. The smallest absolute Gasteiger partial charge is 0.209 e. The van der Waals surface area contributed by atoms with E-state index in [1.807, 2.05) is 39.0 Å². The van der Waals surface area contributed by atoms with Gasteiger partial charge in [-0.3, -0.25) is 4.79 Å². The summed E-state index contributed by atoms with van der Waals surface area (Å²) in [7, 11) is 0. The van der Waals surface area contributed by atoms with Crippen molar-refractivity contribution >= 4 is 5.78 Å². The molecule has 166 valence electrons. The third kappa shape index (κ3) is 5.58. The Labute approximate surface area is 180 Å². The normalized spacial score (nSPS) is 32.5. The molecule has 5 heteroatoms. The molecular formula is C25H36O5. The number of ether oxygens (including phenoxy) is 2. The second-order valence-electron chi connectivity index (χ2n) is 9.79. The highest BCUT2D eigenvalue weighted by Gasteiger charge is 2.45. The van der Waals surface area contributed by atoms with Crippen molar-refractivity contribution in [3.63, 3.8) is 0 Å². The van der Waals surface area contributed by atoms with Crippen molar-refractivity contribution in [1.29, 1.82) is 0 Å². The Morgan fingerprint density at radius 1 is 1.27 bits per heavy atom.